The number of nitrogens with zero attached hydrogens (tertiary/aromatic N) is 2. The highest BCUT2D eigenvalue weighted by molar-refractivity contribution is 7.78. The first-order valence-corrected chi connectivity index (χ1v) is 3.14. The highest BCUT2D eigenvalue weighted by Crippen LogP contribution is 2.02. The number of hydrogen-bond acceptors (Lipinski definition) is 3. The monoisotopic (exact) mass is 138 g/mol. The van der Waals surface area contributed by atoms with E-state index in [-0.39, 0.29) is 0 Å². The first kappa shape index (κ1) is 6.33. The van der Waals surface area contributed by atoms with E-state index in [9.17, 15) is 0 Å². The zero-order valence-electron chi connectivity index (χ0n) is 4.87. The van der Waals surface area contributed by atoms with Crippen LogP contribution in [0.1, 0.15) is 12.8 Å². The van der Waals surface area contributed by atoms with Crippen molar-refractivity contribution in [2.24, 2.45) is 9.98 Å². The number of amidine groups is 1. The maximum atomic E-state index is 4.41. The summed E-state index contributed by atoms with van der Waals surface area (Å²) in [5.74, 6) is 0.785. The van der Waals surface area contributed by atoms with Gasteiger partial charge in [0.2, 0.25) is 0 Å². The van der Waals surface area contributed by atoms with Gasteiger partial charge in [-0.15, -0.1) is 0 Å². The summed E-state index contributed by atoms with van der Waals surface area (Å²) in [6.07, 6.45) is 5.65. The van der Waals surface area contributed by atoms with E-state index in [2.05, 4.69) is 27.4 Å². The molecule has 0 saturated heterocycles. The molecule has 0 spiro atoms. The van der Waals surface area contributed by atoms with E-state index in [1.54, 1.807) is 6.20 Å². The number of rotatable bonds is 0. The molecule has 1 rings (SSSR count). The Labute approximate surface area is 59.0 Å². The lowest BCUT2D eigenvalue weighted by atomic mass is 10.2. The molecule has 0 N–H and O–H groups in total. The Kier molecular flexibility index (Phi) is 2.31. The van der Waals surface area contributed by atoms with Gasteiger partial charge in [-0.2, -0.15) is 4.99 Å². The number of allylic oxidation sites excluding steroid dienone is 1. The van der Waals surface area contributed by atoms with Gasteiger partial charge < -0.3 is 0 Å². The minimum atomic E-state index is 0.785. The predicted octanol–water partition coefficient (Wildman–Crippen LogP) is 1.80. The van der Waals surface area contributed by atoms with Crippen LogP contribution >= 0.6 is 12.2 Å². The van der Waals surface area contributed by atoms with Gasteiger partial charge in [0.25, 0.3) is 0 Å². The highest BCUT2D eigenvalue weighted by atomic mass is 32.1. The molecular weight excluding hydrogens is 132 g/mol. The molecule has 46 valence electrons. The van der Waals surface area contributed by atoms with Crippen LogP contribution in [-0.2, 0) is 0 Å². The van der Waals surface area contributed by atoms with Crippen LogP contribution in [0.15, 0.2) is 22.3 Å². The lowest BCUT2D eigenvalue weighted by Gasteiger charge is -1.97. The van der Waals surface area contributed by atoms with Crippen molar-refractivity contribution >= 4 is 23.2 Å². The Morgan fingerprint density at radius 3 is 3.22 bits per heavy atom. The van der Waals surface area contributed by atoms with E-state index in [1.165, 1.54) is 0 Å². The molecule has 0 radical (unpaired) electrons. The van der Waals surface area contributed by atoms with E-state index in [4.69, 9.17) is 0 Å². The summed E-state index contributed by atoms with van der Waals surface area (Å²) in [4.78, 5) is 7.71. The zero-order valence-corrected chi connectivity index (χ0v) is 5.69. The van der Waals surface area contributed by atoms with Gasteiger partial charge in [-0.05, 0) is 18.6 Å². The summed E-state index contributed by atoms with van der Waals surface area (Å²) < 4.78 is 0. The Balaban J connectivity index is 2.68. The molecule has 1 heterocycles. The molecule has 1 aliphatic rings. The molecular formula is C6H6N2S. The predicted molar refractivity (Wildman–Crippen MR) is 40.8 cm³/mol. The van der Waals surface area contributed by atoms with E-state index in [0.29, 0.717) is 0 Å². The quantitative estimate of drug-likeness (QED) is 0.370. The fourth-order valence-corrected chi connectivity index (χ4v) is 0.733. The van der Waals surface area contributed by atoms with E-state index >= 15 is 0 Å². The van der Waals surface area contributed by atoms with Crippen molar-refractivity contribution < 1.29 is 0 Å². The lowest BCUT2D eigenvalue weighted by Crippen LogP contribution is -1.94. The molecule has 3 heteroatoms. The van der Waals surface area contributed by atoms with Gasteiger partial charge in [0, 0.05) is 12.6 Å². The van der Waals surface area contributed by atoms with Gasteiger partial charge in [-0.3, -0.25) is 0 Å². The topological polar surface area (TPSA) is 24.7 Å². The van der Waals surface area contributed by atoms with Crippen LogP contribution in [0.5, 0.6) is 0 Å². The van der Waals surface area contributed by atoms with Crippen LogP contribution in [-0.4, -0.2) is 11.0 Å². The van der Waals surface area contributed by atoms with Gasteiger partial charge in [-0.1, -0.05) is 6.08 Å². The fourth-order valence-electron chi connectivity index (χ4n) is 0.628. The van der Waals surface area contributed by atoms with E-state index < -0.39 is 0 Å². The summed E-state index contributed by atoms with van der Waals surface area (Å²) in [5.41, 5.74) is 0. The van der Waals surface area contributed by atoms with Crippen LogP contribution in [0.3, 0.4) is 0 Å². The molecule has 9 heavy (non-hydrogen) atoms. The third-order valence-electron chi connectivity index (χ3n) is 1.04. The van der Waals surface area contributed by atoms with Crippen molar-refractivity contribution in [3.8, 4) is 0 Å². The summed E-state index contributed by atoms with van der Waals surface area (Å²) in [6, 6.07) is 0. The third kappa shape index (κ3) is 1.88. The average molecular weight is 138 g/mol. The van der Waals surface area contributed by atoms with Crippen molar-refractivity contribution in [3.05, 3.63) is 12.3 Å². The standard InChI is InChI=1S/C6H6N2S/c9-5-8-6-3-1-2-4-7-6/h2,4H,1,3H2. The maximum absolute atomic E-state index is 4.41. The summed E-state index contributed by atoms with van der Waals surface area (Å²) in [6.45, 7) is 0. The van der Waals surface area contributed by atoms with Gasteiger partial charge >= 0.3 is 0 Å². The van der Waals surface area contributed by atoms with Crippen LogP contribution in [0.4, 0.5) is 0 Å². The second-order valence-electron chi connectivity index (χ2n) is 1.67. The highest BCUT2D eigenvalue weighted by Gasteiger charge is 1.95. The Bertz CT molecular complexity index is 199. The molecule has 0 unspecified atom stereocenters. The van der Waals surface area contributed by atoms with Crippen molar-refractivity contribution in [2.45, 2.75) is 12.8 Å². The summed E-state index contributed by atoms with van der Waals surface area (Å²) in [5, 5.41) is 2.28. The summed E-state index contributed by atoms with van der Waals surface area (Å²) >= 11 is 4.41. The van der Waals surface area contributed by atoms with Gasteiger partial charge in [0.15, 0.2) is 0 Å². The molecule has 0 aromatic carbocycles. The molecule has 0 aromatic heterocycles. The number of aliphatic imine (C=N–C) groups is 2. The average Bonchev–Trinajstić information content (AvgIpc) is 1.91. The van der Waals surface area contributed by atoms with Gasteiger partial charge in [-0.25, -0.2) is 4.99 Å². The molecule has 0 fully saturated rings. The zero-order chi connectivity index (χ0) is 6.53. The maximum Gasteiger partial charge on any atom is 0.139 e. The number of hydrogen-bond donors (Lipinski definition) is 0. The van der Waals surface area contributed by atoms with Crippen molar-refractivity contribution in [1.29, 1.82) is 0 Å². The van der Waals surface area contributed by atoms with E-state index in [0.717, 1.165) is 18.7 Å². The fraction of sp³-hybridized carbons (Fsp3) is 0.333. The Morgan fingerprint density at radius 2 is 2.67 bits per heavy atom. The van der Waals surface area contributed by atoms with Crippen molar-refractivity contribution in [2.75, 3.05) is 0 Å². The van der Waals surface area contributed by atoms with Gasteiger partial charge in [0.05, 0.1) is 5.16 Å². The minimum Gasteiger partial charge on any atom is -0.241 e. The second kappa shape index (κ2) is 3.28. The van der Waals surface area contributed by atoms with E-state index in [1.807, 2.05) is 6.08 Å². The Morgan fingerprint density at radius 1 is 1.78 bits per heavy atom. The molecule has 2 nitrogen and oxygen atoms in total. The molecule has 0 bridgehead atoms. The number of isothiocyanates is 1. The SMILES string of the molecule is S=C=NC1=NC=CCC1. The third-order valence-corrected chi connectivity index (χ3v) is 1.13. The molecule has 0 aromatic rings. The largest absolute Gasteiger partial charge is 0.241 e. The van der Waals surface area contributed by atoms with Crippen molar-refractivity contribution in [1.82, 2.24) is 0 Å². The van der Waals surface area contributed by atoms with Crippen LogP contribution < -0.4 is 0 Å². The van der Waals surface area contributed by atoms with Crippen LogP contribution in [0.2, 0.25) is 0 Å². The first-order valence-electron chi connectivity index (χ1n) is 2.73. The lowest BCUT2D eigenvalue weighted by molar-refractivity contribution is 1.05. The molecule has 0 amide bonds. The van der Waals surface area contributed by atoms with Crippen LogP contribution in [0.25, 0.3) is 0 Å². The normalized spacial score (nSPS) is 16.2. The second-order valence-corrected chi connectivity index (χ2v) is 1.85. The molecule has 0 aliphatic carbocycles. The van der Waals surface area contributed by atoms with Crippen LogP contribution in [0, 0.1) is 0 Å². The summed E-state index contributed by atoms with van der Waals surface area (Å²) in [7, 11) is 0. The van der Waals surface area contributed by atoms with Crippen molar-refractivity contribution in [3.63, 3.8) is 0 Å². The number of thiocarbonyl (C=S) groups is 1. The smallest absolute Gasteiger partial charge is 0.139 e. The molecule has 0 atom stereocenters. The molecule has 1 aliphatic heterocycles. The molecule has 0 saturated carbocycles. The Hall–Kier alpha value is -0.790. The minimum absolute atomic E-state index is 0.785. The first-order chi connectivity index (χ1) is 4.43. The van der Waals surface area contributed by atoms with Gasteiger partial charge in [0.1, 0.15) is 5.84 Å².